The van der Waals surface area contributed by atoms with E-state index < -0.39 is 0 Å². The summed E-state index contributed by atoms with van der Waals surface area (Å²) < 4.78 is 0. The number of amides is 1. The highest BCUT2D eigenvalue weighted by atomic mass is 16.3. The predicted octanol–water partition coefficient (Wildman–Crippen LogP) is 3.33. The number of aromatic hydroxyl groups is 1. The minimum absolute atomic E-state index is 0.182. The maximum atomic E-state index is 12.2. The Bertz CT molecular complexity index is 638. The molecule has 0 spiro atoms. The van der Waals surface area contributed by atoms with Crippen molar-refractivity contribution in [3.8, 4) is 5.75 Å². The molecule has 0 aliphatic rings. The zero-order valence-electron chi connectivity index (χ0n) is 12.8. The Balaban J connectivity index is 2.18. The number of anilines is 2. The number of rotatable bonds is 3. The molecule has 0 radical (unpaired) electrons. The summed E-state index contributed by atoms with van der Waals surface area (Å²) in [6.45, 7) is 3.57. The van der Waals surface area contributed by atoms with Crippen molar-refractivity contribution in [2.45, 2.75) is 13.8 Å². The fourth-order valence-electron chi connectivity index (χ4n) is 2.13. The summed E-state index contributed by atoms with van der Waals surface area (Å²) >= 11 is 0. The van der Waals surface area contributed by atoms with Gasteiger partial charge in [-0.05, 0) is 61.4 Å². The molecule has 1 amide bonds. The van der Waals surface area contributed by atoms with E-state index in [-0.39, 0.29) is 11.7 Å². The Hall–Kier alpha value is -2.49. The molecule has 0 aliphatic carbocycles. The van der Waals surface area contributed by atoms with Gasteiger partial charge in [-0.1, -0.05) is 0 Å². The van der Waals surface area contributed by atoms with Crippen molar-refractivity contribution in [3.63, 3.8) is 0 Å². The SMILES string of the molecule is Cc1cc(C(=O)Nc2ccc(N(C)C)cc2)cc(C)c1O. The van der Waals surface area contributed by atoms with Crippen molar-refractivity contribution in [1.82, 2.24) is 0 Å². The summed E-state index contributed by atoms with van der Waals surface area (Å²) in [5.74, 6) is 0.0562. The lowest BCUT2D eigenvalue weighted by Gasteiger charge is -2.13. The van der Waals surface area contributed by atoms with Gasteiger partial charge in [0.15, 0.2) is 0 Å². The topological polar surface area (TPSA) is 52.6 Å². The van der Waals surface area contributed by atoms with E-state index in [4.69, 9.17) is 0 Å². The number of nitrogens with zero attached hydrogens (tertiary/aromatic N) is 1. The number of carbonyl (C=O) groups excluding carboxylic acids is 1. The van der Waals surface area contributed by atoms with Crippen LogP contribution in [-0.4, -0.2) is 25.1 Å². The van der Waals surface area contributed by atoms with Gasteiger partial charge in [0, 0.05) is 31.0 Å². The highest BCUT2D eigenvalue weighted by Gasteiger charge is 2.10. The molecule has 110 valence electrons. The molecule has 4 nitrogen and oxygen atoms in total. The Morgan fingerprint density at radius 1 is 1.05 bits per heavy atom. The van der Waals surface area contributed by atoms with Crippen LogP contribution >= 0.6 is 0 Å². The third-order valence-electron chi connectivity index (χ3n) is 3.39. The number of hydrogen-bond donors (Lipinski definition) is 2. The summed E-state index contributed by atoms with van der Waals surface area (Å²) in [7, 11) is 3.94. The van der Waals surface area contributed by atoms with Gasteiger partial charge < -0.3 is 15.3 Å². The van der Waals surface area contributed by atoms with Gasteiger partial charge in [0.1, 0.15) is 5.75 Å². The molecule has 2 rings (SSSR count). The van der Waals surface area contributed by atoms with Gasteiger partial charge in [-0.25, -0.2) is 0 Å². The number of phenolic OH excluding ortho intramolecular Hbond substituents is 1. The fourth-order valence-corrected chi connectivity index (χ4v) is 2.13. The summed E-state index contributed by atoms with van der Waals surface area (Å²) in [6, 6.07) is 11.0. The molecule has 0 atom stereocenters. The van der Waals surface area contributed by atoms with Crippen LogP contribution in [0.3, 0.4) is 0 Å². The van der Waals surface area contributed by atoms with Gasteiger partial charge in [-0.2, -0.15) is 0 Å². The Kier molecular flexibility index (Phi) is 4.17. The highest BCUT2D eigenvalue weighted by Crippen LogP contribution is 2.23. The van der Waals surface area contributed by atoms with Crippen molar-refractivity contribution >= 4 is 17.3 Å². The second-order valence-electron chi connectivity index (χ2n) is 5.35. The summed E-state index contributed by atoms with van der Waals surface area (Å²) in [4.78, 5) is 14.2. The molecule has 0 saturated carbocycles. The molecule has 0 heterocycles. The minimum atomic E-state index is -0.182. The highest BCUT2D eigenvalue weighted by molar-refractivity contribution is 6.04. The van der Waals surface area contributed by atoms with Crippen LogP contribution in [-0.2, 0) is 0 Å². The van der Waals surface area contributed by atoms with E-state index >= 15 is 0 Å². The molecule has 0 unspecified atom stereocenters. The third-order valence-corrected chi connectivity index (χ3v) is 3.39. The first kappa shape index (κ1) is 14.9. The van der Waals surface area contributed by atoms with E-state index in [0.717, 1.165) is 11.4 Å². The molecule has 2 N–H and O–H groups in total. The van der Waals surface area contributed by atoms with E-state index in [1.54, 1.807) is 26.0 Å². The first-order valence-corrected chi connectivity index (χ1v) is 6.77. The second kappa shape index (κ2) is 5.87. The number of carbonyl (C=O) groups is 1. The molecular formula is C17H20N2O2. The van der Waals surface area contributed by atoms with Crippen molar-refractivity contribution in [1.29, 1.82) is 0 Å². The minimum Gasteiger partial charge on any atom is -0.507 e. The summed E-state index contributed by atoms with van der Waals surface area (Å²) in [5, 5.41) is 12.6. The molecule has 0 bridgehead atoms. The number of hydrogen-bond acceptors (Lipinski definition) is 3. The first-order valence-electron chi connectivity index (χ1n) is 6.77. The average Bonchev–Trinajstić information content (AvgIpc) is 2.44. The van der Waals surface area contributed by atoms with Crippen molar-refractivity contribution < 1.29 is 9.90 Å². The normalized spacial score (nSPS) is 10.3. The standard InChI is InChI=1S/C17H20N2O2/c1-11-9-13(10-12(2)16(11)20)17(21)18-14-5-7-15(8-6-14)19(3)4/h5-10,20H,1-4H3,(H,18,21). The monoisotopic (exact) mass is 284 g/mol. The largest absolute Gasteiger partial charge is 0.507 e. The molecule has 0 fully saturated rings. The van der Waals surface area contributed by atoms with Gasteiger partial charge in [0.25, 0.3) is 5.91 Å². The molecule has 21 heavy (non-hydrogen) atoms. The number of aryl methyl sites for hydroxylation is 2. The zero-order chi connectivity index (χ0) is 15.6. The fraction of sp³-hybridized carbons (Fsp3) is 0.235. The summed E-state index contributed by atoms with van der Waals surface area (Å²) in [6.07, 6.45) is 0. The van der Waals surface area contributed by atoms with Gasteiger partial charge >= 0.3 is 0 Å². The number of phenols is 1. The van der Waals surface area contributed by atoms with Crippen LogP contribution in [0.4, 0.5) is 11.4 Å². The lowest BCUT2D eigenvalue weighted by molar-refractivity contribution is 0.102. The lowest BCUT2D eigenvalue weighted by Crippen LogP contribution is -2.13. The maximum absolute atomic E-state index is 12.2. The first-order chi connectivity index (χ1) is 9.88. The number of nitrogens with one attached hydrogen (secondary N) is 1. The van der Waals surface area contributed by atoms with Crippen molar-refractivity contribution in [2.75, 3.05) is 24.3 Å². The van der Waals surface area contributed by atoms with Crippen LogP contribution in [0.15, 0.2) is 36.4 Å². The number of benzene rings is 2. The van der Waals surface area contributed by atoms with Crippen molar-refractivity contribution in [3.05, 3.63) is 53.1 Å². The third kappa shape index (κ3) is 3.34. The van der Waals surface area contributed by atoms with Gasteiger partial charge in [-0.15, -0.1) is 0 Å². The average molecular weight is 284 g/mol. The molecule has 4 heteroatoms. The van der Waals surface area contributed by atoms with Crippen LogP contribution in [0.5, 0.6) is 5.75 Å². The van der Waals surface area contributed by atoms with E-state index in [0.29, 0.717) is 16.7 Å². The Morgan fingerprint density at radius 2 is 1.57 bits per heavy atom. The van der Waals surface area contributed by atoms with E-state index in [1.807, 2.05) is 43.3 Å². The molecular weight excluding hydrogens is 264 g/mol. The Labute approximate surface area is 125 Å². The molecule has 2 aromatic rings. The smallest absolute Gasteiger partial charge is 0.255 e. The van der Waals surface area contributed by atoms with Crippen LogP contribution in [0.1, 0.15) is 21.5 Å². The van der Waals surface area contributed by atoms with Crippen LogP contribution in [0.25, 0.3) is 0 Å². The van der Waals surface area contributed by atoms with E-state index in [2.05, 4.69) is 5.32 Å². The molecule has 0 saturated heterocycles. The van der Waals surface area contributed by atoms with Gasteiger partial charge in [0.2, 0.25) is 0 Å². The van der Waals surface area contributed by atoms with Crippen LogP contribution in [0.2, 0.25) is 0 Å². The predicted molar refractivity (Wildman–Crippen MR) is 86.3 cm³/mol. The van der Waals surface area contributed by atoms with E-state index in [1.165, 1.54) is 0 Å². The van der Waals surface area contributed by atoms with E-state index in [9.17, 15) is 9.90 Å². The van der Waals surface area contributed by atoms with Gasteiger partial charge in [0.05, 0.1) is 0 Å². The zero-order valence-corrected chi connectivity index (χ0v) is 12.8. The lowest BCUT2D eigenvalue weighted by atomic mass is 10.1. The van der Waals surface area contributed by atoms with Crippen molar-refractivity contribution in [2.24, 2.45) is 0 Å². The summed E-state index contributed by atoms with van der Waals surface area (Å²) in [5.41, 5.74) is 3.75. The Morgan fingerprint density at radius 3 is 2.05 bits per heavy atom. The van der Waals surface area contributed by atoms with Gasteiger partial charge in [-0.3, -0.25) is 4.79 Å². The second-order valence-corrected chi connectivity index (χ2v) is 5.35. The van der Waals surface area contributed by atoms with Crippen LogP contribution < -0.4 is 10.2 Å². The molecule has 0 aliphatic heterocycles. The maximum Gasteiger partial charge on any atom is 0.255 e. The quantitative estimate of drug-likeness (QED) is 0.909. The molecule has 2 aromatic carbocycles. The van der Waals surface area contributed by atoms with Crippen LogP contribution in [0, 0.1) is 13.8 Å². The molecule has 0 aromatic heterocycles.